The van der Waals surface area contributed by atoms with Gasteiger partial charge in [-0.1, -0.05) is 17.7 Å². The highest BCUT2D eigenvalue weighted by Crippen LogP contribution is 2.25. The zero-order valence-electron chi connectivity index (χ0n) is 16.8. The van der Waals surface area contributed by atoms with E-state index in [2.05, 4.69) is 20.0 Å². The molecule has 0 unspecified atom stereocenters. The minimum absolute atomic E-state index is 0.00864. The number of hydrogen-bond donors (Lipinski definition) is 2. The molecule has 0 aliphatic rings. The van der Waals surface area contributed by atoms with Gasteiger partial charge in [0.25, 0.3) is 10.0 Å². The van der Waals surface area contributed by atoms with Crippen LogP contribution in [0.3, 0.4) is 0 Å². The maximum Gasteiger partial charge on any atom is 0.264 e. The van der Waals surface area contributed by atoms with Crippen molar-refractivity contribution >= 4 is 39.3 Å². The maximum absolute atomic E-state index is 12.5. The lowest BCUT2D eigenvalue weighted by Crippen LogP contribution is -2.22. The molecule has 3 rings (SSSR count). The van der Waals surface area contributed by atoms with Gasteiger partial charge in [0.05, 0.1) is 10.1 Å². The number of thioether (sulfide) groups is 1. The molecule has 156 valence electrons. The number of nitrogens with one attached hydrogen (secondary N) is 2. The van der Waals surface area contributed by atoms with Crippen molar-refractivity contribution < 1.29 is 13.2 Å². The fourth-order valence-corrected chi connectivity index (χ4v) is 4.33. The number of aryl methyl sites for hydroxylation is 2. The summed E-state index contributed by atoms with van der Waals surface area (Å²) < 4.78 is 27.3. The van der Waals surface area contributed by atoms with Crippen molar-refractivity contribution in [2.75, 3.05) is 10.0 Å². The fraction of sp³-hybridized carbons (Fsp3) is 0.190. The Hall–Kier alpha value is -2.91. The van der Waals surface area contributed by atoms with Crippen LogP contribution in [0.2, 0.25) is 0 Å². The van der Waals surface area contributed by atoms with E-state index in [0.29, 0.717) is 11.4 Å². The summed E-state index contributed by atoms with van der Waals surface area (Å²) in [6.07, 6.45) is 1.48. The number of carbonyl (C=O) groups excluding carboxylic acids is 1. The van der Waals surface area contributed by atoms with Crippen LogP contribution in [0.15, 0.2) is 70.6 Å². The number of hydrogen-bond acceptors (Lipinski definition) is 6. The summed E-state index contributed by atoms with van der Waals surface area (Å²) >= 11 is 1.46. The maximum atomic E-state index is 12.5. The Morgan fingerprint density at radius 2 is 1.67 bits per heavy atom. The lowest BCUT2D eigenvalue weighted by atomic mass is 10.2. The number of nitrogens with zero attached hydrogens (tertiary/aromatic N) is 2. The first-order chi connectivity index (χ1) is 14.2. The van der Waals surface area contributed by atoms with Crippen molar-refractivity contribution in [2.24, 2.45) is 0 Å². The molecule has 0 saturated carbocycles. The lowest BCUT2D eigenvalue weighted by molar-refractivity contribution is -0.115. The van der Waals surface area contributed by atoms with Gasteiger partial charge in [-0.25, -0.2) is 23.1 Å². The van der Waals surface area contributed by atoms with Crippen molar-refractivity contribution in [3.8, 4) is 0 Å². The Morgan fingerprint density at radius 3 is 2.30 bits per heavy atom. The minimum atomic E-state index is -3.83. The van der Waals surface area contributed by atoms with E-state index in [1.165, 1.54) is 30.1 Å². The summed E-state index contributed by atoms with van der Waals surface area (Å²) in [5.74, 6) is -0.156. The zero-order valence-corrected chi connectivity index (χ0v) is 18.4. The first-order valence-electron chi connectivity index (χ1n) is 9.20. The average molecular weight is 443 g/mol. The Kier molecular flexibility index (Phi) is 6.73. The second kappa shape index (κ2) is 9.27. The molecule has 0 fully saturated rings. The number of rotatable bonds is 7. The Bertz CT molecular complexity index is 1130. The highest BCUT2D eigenvalue weighted by molar-refractivity contribution is 8.00. The number of anilines is 2. The first-order valence-corrected chi connectivity index (χ1v) is 11.6. The van der Waals surface area contributed by atoms with Crippen LogP contribution in [0.25, 0.3) is 0 Å². The SMILES string of the molecule is Cc1ccc(S[C@@H](C)C(=O)Nc2ccc(S(=O)(=O)Nc3nccc(C)n3)cc2)cc1. The van der Waals surface area contributed by atoms with Gasteiger partial charge in [0, 0.05) is 22.5 Å². The molecule has 1 atom stereocenters. The fourth-order valence-electron chi connectivity index (χ4n) is 2.51. The molecule has 2 N–H and O–H groups in total. The normalized spacial score (nSPS) is 12.2. The van der Waals surface area contributed by atoms with E-state index >= 15 is 0 Å². The van der Waals surface area contributed by atoms with E-state index in [9.17, 15) is 13.2 Å². The second-order valence-corrected chi connectivity index (χ2v) is 9.81. The smallest absolute Gasteiger partial charge is 0.264 e. The monoisotopic (exact) mass is 442 g/mol. The molecule has 0 bridgehead atoms. The minimum Gasteiger partial charge on any atom is -0.325 e. The number of amides is 1. The molecule has 0 spiro atoms. The molecule has 0 radical (unpaired) electrons. The number of sulfonamides is 1. The van der Waals surface area contributed by atoms with Crippen molar-refractivity contribution in [3.63, 3.8) is 0 Å². The van der Waals surface area contributed by atoms with Crippen LogP contribution >= 0.6 is 11.8 Å². The summed E-state index contributed by atoms with van der Waals surface area (Å²) in [6.45, 7) is 5.58. The number of aromatic nitrogens is 2. The average Bonchev–Trinajstić information content (AvgIpc) is 2.70. The van der Waals surface area contributed by atoms with Gasteiger partial charge in [0.15, 0.2) is 0 Å². The van der Waals surface area contributed by atoms with Gasteiger partial charge in [-0.05, 0) is 63.2 Å². The second-order valence-electron chi connectivity index (χ2n) is 6.71. The van der Waals surface area contributed by atoms with Crippen molar-refractivity contribution in [2.45, 2.75) is 35.8 Å². The molecular formula is C21H22N4O3S2. The molecule has 9 heteroatoms. The highest BCUT2D eigenvalue weighted by Gasteiger charge is 2.17. The van der Waals surface area contributed by atoms with E-state index in [0.717, 1.165) is 10.5 Å². The lowest BCUT2D eigenvalue weighted by Gasteiger charge is -2.13. The summed E-state index contributed by atoms with van der Waals surface area (Å²) in [4.78, 5) is 21.5. The molecule has 0 aliphatic carbocycles. The van der Waals surface area contributed by atoms with Crippen molar-refractivity contribution in [1.82, 2.24) is 9.97 Å². The zero-order chi connectivity index (χ0) is 21.7. The summed E-state index contributed by atoms with van der Waals surface area (Å²) in [7, 11) is -3.83. The van der Waals surface area contributed by atoms with E-state index in [4.69, 9.17) is 0 Å². The molecule has 3 aromatic rings. The summed E-state index contributed by atoms with van der Waals surface area (Å²) in [6, 6.07) is 15.6. The molecular weight excluding hydrogens is 420 g/mol. The van der Waals surface area contributed by atoms with Gasteiger partial charge < -0.3 is 5.32 Å². The van der Waals surface area contributed by atoms with Crippen LogP contribution in [0.5, 0.6) is 0 Å². The third kappa shape index (κ3) is 5.80. The van der Waals surface area contributed by atoms with Crippen LogP contribution in [0, 0.1) is 13.8 Å². The third-order valence-corrected chi connectivity index (χ3v) is 6.61. The molecule has 1 aromatic heterocycles. The molecule has 0 saturated heterocycles. The molecule has 0 aliphatic heterocycles. The van der Waals surface area contributed by atoms with Crippen LogP contribution in [-0.4, -0.2) is 29.5 Å². The largest absolute Gasteiger partial charge is 0.325 e. The van der Waals surface area contributed by atoms with Gasteiger partial charge in [0.1, 0.15) is 0 Å². The topological polar surface area (TPSA) is 101 Å². The molecule has 30 heavy (non-hydrogen) atoms. The van der Waals surface area contributed by atoms with E-state index in [-0.39, 0.29) is 22.0 Å². The van der Waals surface area contributed by atoms with Crippen LogP contribution in [0.4, 0.5) is 11.6 Å². The van der Waals surface area contributed by atoms with Gasteiger partial charge in [0.2, 0.25) is 11.9 Å². The Labute approximate surface area is 180 Å². The van der Waals surface area contributed by atoms with Crippen LogP contribution < -0.4 is 10.0 Å². The quantitative estimate of drug-likeness (QED) is 0.536. The van der Waals surface area contributed by atoms with E-state index in [1.807, 2.05) is 38.1 Å². The molecule has 1 heterocycles. The standard InChI is InChI=1S/C21H22N4O3S2/c1-14-4-8-18(9-5-14)29-16(3)20(26)24-17-6-10-19(11-7-17)30(27,28)25-21-22-13-12-15(2)23-21/h4-13,16H,1-3H3,(H,24,26)(H,22,23,25)/t16-/m0/s1. The number of benzene rings is 2. The summed E-state index contributed by atoms with van der Waals surface area (Å²) in [5, 5.41) is 2.50. The molecule has 7 nitrogen and oxygen atoms in total. The van der Waals surface area contributed by atoms with E-state index < -0.39 is 10.0 Å². The number of carbonyl (C=O) groups is 1. The Balaban J connectivity index is 1.63. The Morgan fingerprint density at radius 1 is 1.00 bits per heavy atom. The van der Waals surface area contributed by atoms with Crippen molar-refractivity contribution in [3.05, 3.63) is 72.1 Å². The third-order valence-electron chi connectivity index (χ3n) is 4.16. The van der Waals surface area contributed by atoms with Gasteiger partial charge in [-0.2, -0.15) is 0 Å². The van der Waals surface area contributed by atoms with Crippen LogP contribution in [0.1, 0.15) is 18.2 Å². The summed E-state index contributed by atoms with van der Waals surface area (Å²) in [5.41, 5.74) is 2.33. The van der Waals surface area contributed by atoms with Gasteiger partial charge in [-0.3, -0.25) is 4.79 Å². The van der Waals surface area contributed by atoms with E-state index in [1.54, 1.807) is 25.1 Å². The van der Waals surface area contributed by atoms with Gasteiger partial charge >= 0.3 is 0 Å². The predicted octanol–water partition coefficient (Wildman–Crippen LogP) is 4.01. The molecule has 2 aromatic carbocycles. The predicted molar refractivity (Wildman–Crippen MR) is 119 cm³/mol. The first kappa shape index (κ1) is 21.8. The van der Waals surface area contributed by atoms with Crippen LogP contribution in [-0.2, 0) is 14.8 Å². The highest BCUT2D eigenvalue weighted by atomic mass is 32.2. The van der Waals surface area contributed by atoms with Gasteiger partial charge in [-0.15, -0.1) is 11.8 Å². The van der Waals surface area contributed by atoms with Crippen molar-refractivity contribution in [1.29, 1.82) is 0 Å². The molecule has 1 amide bonds.